The van der Waals surface area contributed by atoms with Crippen LogP contribution in [-0.2, 0) is 48.2 Å². The van der Waals surface area contributed by atoms with E-state index in [1.807, 2.05) is 12.2 Å². The van der Waals surface area contributed by atoms with Crippen molar-refractivity contribution >= 4 is 138 Å². The van der Waals surface area contributed by atoms with Crippen molar-refractivity contribution < 1.29 is 46.8 Å². The predicted molar refractivity (Wildman–Crippen MR) is 210 cm³/mol. The van der Waals surface area contributed by atoms with Crippen LogP contribution in [0.3, 0.4) is 0 Å². The third-order valence-corrected chi connectivity index (χ3v) is 10.9. The van der Waals surface area contributed by atoms with E-state index in [2.05, 4.69) is 15.4 Å². The molecule has 0 fully saturated rings. The first kappa shape index (κ1) is 43.6. The highest BCUT2D eigenvalue weighted by Crippen LogP contribution is 2.39. The van der Waals surface area contributed by atoms with Gasteiger partial charge in [0.15, 0.2) is 27.7 Å². The molecule has 1 aliphatic heterocycles. The number of amides is 2. The Labute approximate surface area is 338 Å². The van der Waals surface area contributed by atoms with Crippen molar-refractivity contribution in [2.24, 2.45) is 15.8 Å². The zero-order chi connectivity index (χ0) is 41.8. The van der Waals surface area contributed by atoms with E-state index in [1.54, 1.807) is 25.1 Å². The van der Waals surface area contributed by atoms with Crippen molar-refractivity contribution in [3.63, 3.8) is 0 Å². The zero-order valence-electron chi connectivity index (χ0n) is 29.2. The number of nitrogens with two attached hydrogens (primary N) is 1. The van der Waals surface area contributed by atoms with E-state index in [0.29, 0.717) is 17.5 Å². The summed E-state index contributed by atoms with van der Waals surface area (Å²) in [7, 11) is -3.50. The van der Waals surface area contributed by atoms with Crippen molar-refractivity contribution in [3.8, 4) is 0 Å². The molecule has 56 heavy (non-hydrogen) atoms. The molecule has 2 atom stereocenters. The summed E-state index contributed by atoms with van der Waals surface area (Å²) >= 11 is 25.4. The summed E-state index contributed by atoms with van der Waals surface area (Å²) in [6.45, 7) is 3.43. The molecule has 4 N–H and O–H groups in total. The number of nitrogens with zero attached hydrogens (tertiary/aromatic N) is 3. The van der Waals surface area contributed by atoms with Crippen molar-refractivity contribution in [1.82, 2.24) is 0 Å². The van der Waals surface area contributed by atoms with Gasteiger partial charge in [-0.3, -0.25) is 38.4 Å². The van der Waals surface area contributed by atoms with Gasteiger partial charge in [-0.15, -0.1) is 5.10 Å². The molecule has 3 aromatic rings. The quantitative estimate of drug-likeness (QED) is 0.111. The van der Waals surface area contributed by atoms with E-state index >= 15 is 0 Å². The Morgan fingerprint density at radius 3 is 2.09 bits per heavy atom. The molecule has 21 heteroatoms. The number of carbonyl (C=O) groups excluding carboxylic acids is 8. The van der Waals surface area contributed by atoms with Gasteiger partial charge in [-0.05, 0) is 60.9 Å². The molecular formula is C35H28Cl4N6O10S. The summed E-state index contributed by atoms with van der Waals surface area (Å²) in [5.41, 5.74) is 6.74. The molecule has 0 bridgehead atoms. The van der Waals surface area contributed by atoms with Crippen LogP contribution in [0.15, 0.2) is 58.6 Å². The largest absolute Gasteiger partial charge is 0.336 e. The maximum atomic E-state index is 14.0. The second-order valence-corrected chi connectivity index (χ2v) is 15.9. The molecule has 0 saturated carbocycles. The smallest absolute Gasteiger partial charge is 0.301 e. The number of halogens is 4. The highest BCUT2D eigenvalue weighted by molar-refractivity contribution is 7.91. The maximum Gasteiger partial charge on any atom is 0.301 e. The molecule has 3 aromatic carbocycles. The van der Waals surface area contributed by atoms with Gasteiger partial charge < -0.3 is 16.4 Å². The lowest BCUT2D eigenvalue weighted by Gasteiger charge is -2.24. The van der Waals surface area contributed by atoms with Crippen molar-refractivity contribution in [2.75, 3.05) is 28.4 Å². The minimum absolute atomic E-state index is 0.0273. The molecule has 0 aromatic heterocycles. The van der Waals surface area contributed by atoms with Crippen LogP contribution in [0.25, 0.3) is 0 Å². The van der Waals surface area contributed by atoms with E-state index in [-0.39, 0.29) is 60.9 Å². The van der Waals surface area contributed by atoms with Gasteiger partial charge in [0.2, 0.25) is 0 Å². The van der Waals surface area contributed by atoms with Gasteiger partial charge in [0.25, 0.3) is 34.8 Å². The van der Waals surface area contributed by atoms with Gasteiger partial charge in [0.05, 0.1) is 31.7 Å². The number of aliphatic imine (C=N–C) groups is 1. The topological polar surface area (TPSA) is 249 Å². The van der Waals surface area contributed by atoms with Crippen LogP contribution in [-0.4, -0.2) is 85.0 Å². The first-order chi connectivity index (χ1) is 26.2. The van der Waals surface area contributed by atoms with E-state index < -0.39 is 68.0 Å². The number of hydrogen-bond acceptors (Lipinski definition) is 14. The number of aryl methyl sites for hydroxylation is 1. The van der Waals surface area contributed by atoms with Crippen LogP contribution >= 0.6 is 46.4 Å². The number of hydrazone groups is 1. The Bertz CT molecular complexity index is 2400. The first-order valence-corrected chi connectivity index (χ1v) is 19.4. The van der Waals surface area contributed by atoms with Crippen molar-refractivity contribution in [2.45, 2.75) is 31.4 Å². The number of rotatable bonds is 15. The Morgan fingerprint density at radius 1 is 0.911 bits per heavy atom. The van der Waals surface area contributed by atoms with Gasteiger partial charge in [-0.1, -0.05) is 65.5 Å². The number of amidine groups is 1. The van der Waals surface area contributed by atoms with E-state index in [9.17, 15) is 46.8 Å². The molecule has 0 saturated heterocycles. The fourth-order valence-corrected chi connectivity index (χ4v) is 7.90. The normalized spacial score (nSPS) is 14.5. The highest BCUT2D eigenvalue weighted by atomic mass is 35.5. The van der Waals surface area contributed by atoms with Crippen LogP contribution in [0, 0.1) is 6.92 Å². The molecule has 1 heterocycles. The van der Waals surface area contributed by atoms with Crippen molar-refractivity contribution in [1.29, 1.82) is 0 Å². The Kier molecular flexibility index (Phi) is 13.8. The van der Waals surface area contributed by atoms with Gasteiger partial charge in [0, 0.05) is 29.4 Å². The Balaban J connectivity index is 1.74. The van der Waals surface area contributed by atoms with Crippen molar-refractivity contribution in [3.05, 3.63) is 79.7 Å². The number of nitrogens with one attached hydrogen (secondary N) is 2. The Hall–Kier alpha value is -5.17. The van der Waals surface area contributed by atoms with Gasteiger partial charge in [0.1, 0.15) is 5.69 Å². The number of hydrogen-bond donors (Lipinski definition) is 3. The molecule has 4 rings (SSSR count). The second kappa shape index (κ2) is 17.7. The van der Waals surface area contributed by atoms with E-state index in [4.69, 9.17) is 52.1 Å². The number of anilines is 3. The molecule has 0 spiro atoms. The minimum Gasteiger partial charge on any atom is -0.336 e. The van der Waals surface area contributed by atoms with Gasteiger partial charge in [-0.25, -0.2) is 13.4 Å². The lowest BCUT2D eigenvalue weighted by molar-refractivity contribution is -0.152. The Morgan fingerprint density at radius 2 is 1.54 bits per heavy atom. The fourth-order valence-electron chi connectivity index (χ4n) is 5.46. The van der Waals surface area contributed by atoms with Gasteiger partial charge in [-0.2, -0.15) is 5.01 Å². The summed E-state index contributed by atoms with van der Waals surface area (Å²) in [5.74, 6) is -13.5. The standard InChI is InChI=1S/C35H28Cl4N6O10S/c1-4-19(26(13-40)56(3,54)55)16-5-8-23(15(2)9-16)42-27-33(44-45(35(27)53)28-21(38)10-17(36)11-22(28)39)43-24-12-18(6-7-20(24)37)41-34(52)32(51)31(50)30(49)29(48)25(47)14-46/h5-12,14,19,26H,4,13,40H2,1-3H3,(H,41,52)(H,43,44)/b42-27-. The van der Waals surface area contributed by atoms with Crippen LogP contribution in [0.5, 0.6) is 0 Å². The van der Waals surface area contributed by atoms with Crippen LogP contribution in [0.2, 0.25) is 20.1 Å². The summed E-state index contributed by atoms with van der Waals surface area (Å²) in [6, 6.07) is 11.2. The lowest BCUT2D eigenvalue weighted by atomic mass is 9.91. The molecule has 0 aliphatic carbocycles. The molecule has 292 valence electrons. The average molecular weight is 867 g/mol. The number of ketones is 5. The number of aldehydes is 1. The SMILES string of the molecule is CCC(c1ccc(/N=C2\C(=O)N(c3c(Cl)cc(Cl)cc3Cl)N=C2Nc2cc(NC(=O)C(=O)C(=O)C(=O)C(=O)C(=O)C=O)ccc2Cl)c(C)c1)C(CN)S(C)(=O)=O. The molecule has 2 amide bonds. The summed E-state index contributed by atoms with van der Waals surface area (Å²) in [6.07, 6.45) is 1.05. The first-order valence-electron chi connectivity index (χ1n) is 15.9. The number of sulfone groups is 1. The number of benzene rings is 3. The molecule has 2 unspecified atom stereocenters. The monoisotopic (exact) mass is 864 g/mol. The average Bonchev–Trinajstić information content (AvgIpc) is 3.42. The van der Waals surface area contributed by atoms with E-state index in [0.717, 1.165) is 17.3 Å². The zero-order valence-corrected chi connectivity index (χ0v) is 33.0. The molecule has 0 radical (unpaired) electrons. The number of Topliss-reactive ketones (excluding diaryl/α,β-unsaturated/α-hetero) is 5. The van der Waals surface area contributed by atoms with Crippen LogP contribution in [0.1, 0.15) is 30.4 Å². The maximum absolute atomic E-state index is 14.0. The van der Waals surface area contributed by atoms with Gasteiger partial charge >= 0.3 is 5.91 Å². The molecular weight excluding hydrogens is 838 g/mol. The fraction of sp³-hybridized carbons (Fsp3) is 0.200. The highest BCUT2D eigenvalue weighted by Gasteiger charge is 2.38. The summed E-state index contributed by atoms with van der Waals surface area (Å²) < 4.78 is 25.0. The third-order valence-electron chi connectivity index (χ3n) is 8.20. The predicted octanol–water partition coefficient (Wildman–Crippen LogP) is 4.00. The minimum atomic E-state index is -3.50. The molecule has 1 aliphatic rings. The van der Waals surface area contributed by atoms with E-state index in [1.165, 1.54) is 24.3 Å². The second-order valence-electron chi connectivity index (χ2n) is 12.0. The summed E-state index contributed by atoms with van der Waals surface area (Å²) in [5, 5.41) is 9.28. The summed E-state index contributed by atoms with van der Waals surface area (Å²) in [4.78, 5) is 101. The number of carbonyl (C=O) groups is 8. The molecule has 16 nitrogen and oxygen atoms in total. The van der Waals surface area contributed by atoms with Crippen LogP contribution in [0.4, 0.5) is 22.7 Å². The lowest BCUT2D eigenvalue weighted by Crippen LogP contribution is -2.40. The van der Waals surface area contributed by atoms with Crippen LogP contribution < -0.4 is 21.4 Å². The third kappa shape index (κ3) is 9.43.